The highest BCUT2D eigenvalue weighted by atomic mass is 16.5. The number of amides is 1. The highest BCUT2D eigenvalue weighted by Crippen LogP contribution is 2.24. The summed E-state index contributed by atoms with van der Waals surface area (Å²) in [6.45, 7) is 9.58. The van der Waals surface area contributed by atoms with Gasteiger partial charge in [0.15, 0.2) is 0 Å². The predicted octanol–water partition coefficient (Wildman–Crippen LogP) is 2.18. The number of nitrogens with zero attached hydrogens (tertiary/aromatic N) is 1. The molecule has 0 saturated carbocycles. The van der Waals surface area contributed by atoms with Crippen LogP contribution in [0.1, 0.15) is 34.6 Å². The number of carbonyl (C=O) groups is 1. The molecule has 0 bridgehead atoms. The predicted molar refractivity (Wildman–Crippen MR) is 76.1 cm³/mol. The number of rotatable bonds is 4. The Labute approximate surface area is 114 Å². The minimum Gasteiger partial charge on any atom is -0.473 e. The van der Waals surface area contributed by atoms with Gasteiger partial charge >= 0.3 is 0 Å². The van der Waals surface area contributed by atoms with Crippen molar-refractivity contribution in [3.8, 4) is 5.88 Å². The van der Waals surface area contributed by atoms with Gasteiger partial charge in [-0.3, -0.25) is 4.79 Å². The number of aromatic nitrogens is 1. The summed E-state index contributed by atoms with van der Waals surface area (Å²) in [4.78, 5) is 16.2. The van der Waals surface area contributed by atoms with E-state index in [0.29, 0.717) is 11.6 Å². The fourth-order valence-electron chi connectivity index (χ4n) is 1.41. The van der Waals surface area contributed by atoms with Gasteiger partial charge in [0.1, 0.15) is 5.69 Å². The van der Waals surface area contributed by atoms with Gasteiger partial charge in [0.25, 0.3) is 0 Å². The van der Waals surface area contributed by atoms with Crippen molar-refractivity contribution >= 4 is 11.6 Å². The standard InChI is InChI=1S/C14H23N3O2/c1-9(2)19-13-10(7-6-8-16-13)17-12(18)11(15)14(3,4)5/h6-9,11H,15H2,1-5H3,(H,17,18). The molecule has 5 nitrogen and oxygen atoms in total. The topological polar surface area (TPSA) is 77.2 Å². The lowest BCUT2D eigenvalue weighted by molar-refractivity contribution is -0.119. The molecule has 1 rings (SSSR count). The van der Waals surface area contributed by atoms with Crippen LogP contribution in [0.2, 0.25) is 0 Å². The van der Waals surface area contributed by atoms with E-state index in [2.05, 4.69) is 10.3 Å². The molecule has 1 aromatic heterocycles. The first-order chi connectivity index (χ1) is 8.71. The summed E-state index contributed by atoms with van der Waals surface area (Å²) in [7, 11) is 0. The molecule has 1 aromatic rings. The zero-order chi connectivity index (χ0) is 14.6. The first-order valence-electron chi connectivity index (χ1n) is 6.40. The van der Waals surface area contributed by atoms with Gasteiger partial charge in [-0.1, -0.05) is 20.8 Å². The van der Waals surface area contributed by atoms with Crippen molar-refractivity contribution < 1.29 is 9.53 Å². The summed E-state index contributed by atoms with van der Waals surface area (Å²) in [6, 6.07) is 2.89. The lowest BCUT2D eigenvalue weighted by atomic mass is 9.87. The van der Waals surface area contributed by atoms with Crippen molar-refractivity contribution in [2.75, 3.05) is 5.32 Å². The Bertz CT molecular complexity index is 439. The van der Waals surface area contributed by atoms with Gasteiger partial charge in [-0.05, 0) is 31.4 Å². The lowest BCUT2D eigenvalue weighted by Crippen LogP contribution is -2.45. The van der Waals surface area contributed by atoms with Crippen molar-refractivity contribution in [2.24, 2.45) is 11.1 Å². The minimum absolute atomic E-state index is 0.0122. The van der Waals surface area contributed by atoms with E-state index < -0.39 is 6.04 Å². The molecule has 5 heteroatoms. The largest absolute Gasteiger partial charge is 0.473 e. The van der Waals surface area contributed by atoms with Gasteiger partial charge in [-0.2, -0.15) is 0 Å². The summed E-state index contributed by atoms with van der Waals surface area (Å²) in [5, 5.41) is 2.77. The minimum atomic E-state index is -0.598. The summed E-state index contributed by atoms with van der Waals surface area (Å²) < 4.78 is 5.54. The average molecular weight is 265 g/mol. The third-order valence-corrected chi connectivity index (χ3v) is 2.59. The number of nitrogens with two attached hydrogens (primary N) is 1. The molecule has 0 aromatic carbocycles. The van der Waals surface area contributed by atoms with Gasteiger partial charge in [0.2, 0.25) is 11.8 Å². The number of nitrogens with one attached hydrogen (secondary N) is 1. The molecule has 0 radical (unpaired) electrons. The van der Waals surface area contributed by atoms with Crippen LogP contribution in [0.25, 0.3) is 0 Å². The second-order valence-corrected chi connectivity index (χ2v) is 5.86. The van der Waals surface area contributed by atoms with E-state index in [4.69, 9.17) is 10.5 Å². The number of pyridine rings is 1. The maximum atomic E-state index is 12.1. The second-order valence-electron chi connectivity index (χ2n) is 5.86. The van der Waals surface area contributed by atoms with E-state index >= 15 is 0 Å². The Morgan fingerprint density at radius 1 is 1.42 bits per heavy atom. The van der Waals surface area contributed by atoms with Crippen molar-refractivity contribution in [1.29, 1.82) is 0 Å². The molecular formula is C14H23N3O2. The normalized spacial score (nSPS) is 13.2. The summed E-state index contributed by atoms with van der Waals surface area (Å²) in [5.41, 5.74) is 6.16. The van der Waals surface area contributed by atoms with Crippen molar-refractivity contribution in [2.45, 2.75) is 46.8 Å². The first-order valence-corrected chi connectivity index (χ1v) is 6.40. The maximum Gasteiger partial charge on any atom is 0.241 e. The van der Waals surface area contributed by atoms with E-state index in [-0.39, 0.29) is 17.4 Å². The number of ether oxygens (including phenoxy) is 1. The SMILES string of the molecule is CC(C)Oc1ncccc1NC(=O)C(N)C(C)(C)C. The quantitative estimate of drug-likeness (QED) is 0.874. The van der Waals surface area contributed by atoms with Crippen molar-refractivity contribution in [3.63, 3.8) is 0 Å². The number of carbonyl (C=O) groups excluding carboxylic acids is 1. The fourth-order valence-corrected chi connectivity index (χ4v) is 1.41. The smallest absolute Gasteiger partial charge is 0.241 e. The fraction of sp³-hybridized carbons (Fsp3) is 0.571. The third kappa shape index (κ3) is 4.52. The van der Waals surface area contributed by atoms with Crippen LogP contribution in [0.3, 0.4) is 0 Å². The Kier molecular flexibility index (Phi) is 4.89. The summed E-state index contributed by atoms with van der Waals surface area (Å²) in [5.74, 6) is 0.168. The van der Waals surface area contributed by atoms with Crippen LogP contribution >= 0.6 is 0 Å². The van der Waals surface area contributed by atoms with Crippen LogP contribution in [0.5, 0.6) is 5.88 Å². The summed E-state index contributed by atoms with van der Waals surface area (Å²) >= 11 is 0. The van der Waals surface area contributed by atoms with Crippen molar-refractivity contribution in [1.82, 2.24) is 4.98 Å². The molecule has 0 saturated heterocycles. The van der Waals surface area contributed by atoms with Gasteiger partial charge in [-0.25, -0.2) is 4.98 Å². The molecule has 3 N–H and O–H groups in total. The molecule has 1 heterocycles. The van der Waals surface area contributed by atoms with Gasteiger partial charge in [-0.15, -0.1) is 0 Å². The Morgan fingerprint density at radius 3 is 2.58 bits per heavy atom. The van der Waals surface area contributed by atoms with E-state index in [1.54, 1.807) is 18.3 Å². The van der Waals surface area contributed by atoms with E-state index in [1.807, 2.05) is 34.6 Å². The highest BCUT2D eigenvalue weighted by molar-refractivity contribution is 5.96. The third-order valence-electron chi connectivity index (χ3n) is 2.59. The van der Waals surface area contributed by atoms with Crippen LogP contribution in [0.4, 0.5) is 5.69 Å². The molecular weight excluding hydrogens is 242 g/mol. The number of hydrogen-bond acceptors (Lipinski definition) is 4. The first kappa shape index (κ1) is 15.4. The van der Waals surface area contributed by atoms with Gasteiger partial charge < -0.3 is 15.8 Å². The lowest BCUT2D eigenvalue weighted by Gasteiger charge is -2.26. The molecule has 1 amide bonds. The molecule has 0 aliphatic carbocycles. The van der Waals surface area contributed by atoms with Crippen LogP contribution in [0, 0.1) is 5.41 Å². The average Bonchev–Trinajstić information content (AvgIpc) is 2.28. The Balaban J connectivity index is 2.85. The molecule has 0 fully saturated rings. The summed E-state index contributed by atoms with van der Waals surface area (Å²) in [6.07, 6.45) is 1.61. The van der Waals surface area contributed by atoms with E-state index in [9.17, 15) is 4.79 Å². The molecule has 1 atom stereocenters. The van der Waals surface area contributed by atoms with E-state index in [0.717, 1.165) is 0 Å². The zero-order valence-corrected chi connectivity index (χ0v) is 12.2. The van der Waals surface area contributed by atoms with Crippen molar-refractivity contribution in [3.05, 3.63) is 18.3 Å². The Hall–Kier alpha value is -1.62. The molecule has 1 unspecified atom stereocenters. The second kappa shape index (κ2) is 6.02. The number of hydrogen-bond donors (Lipinski definition) is 2. The zero-order valence-electron chi connectivity index (χ0n) is 12.2. The molecule has 0 aliphatic rings. The van der Waals surface area contributed by atoms with Crippen LogP contribution in [-0.4, -0.2) is 23.0 Å². The maximum absolute atomic E-state index is 12.1. The van der Waals surface area contributed by atoms with Gasteiger partial charge in [0, 0.05) is 6.20 Å². The van der Waals surface area contributed by atoms with Crippen LogP contribution < -0.4 is 15.8 Å². The Morgan fingerprint density at radius 2 is 2.05 bits per heavy atom. The van der Waals surface area contributed by atoms with E-state index in [1.165, 1.54) is 0 Å². The highest BCUT2D eigenvalue weighted by Gasteiger charge is 2.28. The molecule has 0 spiro atoms. The van der Waals surface area contributed by atoms with Crippen LogP contribution in [0.15, 0.2) is 18.3 Å². The monoisotopic (exact) mass is 265 g/mol. The van der Waals surface area contributed by atoms with Crippen LogP contribution in [-0.2, 0) is 4.79 Å². The number of anilines is 1. The molecule has 0 aliphatic heterocycles. The molecule has 19 heavy (non-hydrogen) atoms. The molecule has 106 valence electrons. The van der Waals surface area contributed by atoms with Gasteiger partial charge in [0.05, 0.1) is 12.1 Å².